The number of hydrogen-bond donors (Lipinski definition) is 0. The normalized spacial score (nSPS) is 41.6. The number of carbonyl (C=O) groups excluding carboxylic acids is 2. The SMILES string of the molecule is O=C1[C@@H]2[C@@H]3CC[C@@H]([C@H]4C[C@H]43)[C@@H]2C(=O)N1c1ccc(F)c(F)c1. The van der Waals surface area contributed by atoms with Gasteiger partial charge in [-0.15, -0.1) is 0 Å². The number of fused-ring (bicyclic) bond motifs is 1. The molecule has 0 radical (unpaired) electrons. The lowest BCUT2D eigenvalue weighted by atomic mass is 9.59. The molecule has 1 aliphatic heterocycles. The van der Waals surface area contributed by atoms with Crippen LogP contribution in [0.5, 0.6) is 0 Å². The summed E-state index contributed by atoms with van der Waals surface area (Å²) in [6.45, 7) is 0. The van der Waals surface area contributed by atoms with Crippen molar-refractivity contribution in [1.29, 1.82) is 0 Å². The van der Waals surface area contributed by atoms with Crippen molar-refractivity contribution < 1.29 is 18.4 Å². The van der Waals surface area contributed by atoms with E-state index in [2.05, 4.69) is 0 Å². The Bertz CT molecular complexity index is 685. The molecule has 114 valence electrons. The van der Waals surface area contributed by atoms with Crippen LogP contribution in [0.2, 0.25) is 0 Å². The van der Waals surface area contributed by atoms with Crippen molar-refractivity contribution in [3.63, 3.8) is 0 Å². The first-order valence-electron chi connectivity index (χ1n) is 7.91. The van der Waals surface area contributed by atoms with Gasteiger partial charge in [0.05, 0.1) is 17.5 Å². The molecule has 0 aromatic heterocycles. The van der Waals surface area contributed by atoms with Crippen LogP contribution >= 0.6 is 0 Å². The predicted molar refractivity (Wildman–Crippen MR) is 73.6 cm³/mol. The van der Waals surface area contributed by atoms with Crippen LogP contribution in [-0.2, 0) is 9.59 Å². The van der Waals surface area contributed by atoms with E-state index in [0.717, 1.165) is 36.3 Å². The third-order valence-electron chi connectivity index (χ3n) is 6.31. The highest BCUT2D eigenvalue weighted by Gasteiger charge is 2.68. The van der Waals surface area contributed by atoms with Crippen molar-refractivity contribution in [2.45, 2.75) is 19.3 Å². The standard InChI is InChI=1S/C17H15F2NO2/c18-12-4-1-7(5-13(12)19)20-16(21)14-8-2-3-9(11-6-10(8)11)15(14)17(20)22/h1,4-5,8-11,14-15H,2-3,6H2/t8-,9+,10+,11-,14-,15+. The van der Waals surface area contributed by atoms with Crippen molar-refractivity contribution in [2.75, 3.05) is 4.90 Å². The lowest BCUT2D eigenvalue weighted by Gasteiger charge is -2.42. The highest BCUT2D eigenvalue weighted by atomic mass is 19.2. The molecule has 6 rings (SSSR count). The molecule has 5 fully saturated rings. The first kappa shape index (κ1) is 12.7. The molecule has 1 aromatic carbocycles. The third-order valence-corrected chi connectivity index (χ3v) is 6.31. The van der Waals surface area contributed by atoms with Crippen LogP contribution in [-0.4, -0.2) is 11.8 Å². The fourth-order valence-corrected chi connectivity index (χ4v) is 5.42. The van der Waals surface area contributed by atoms with Gasteiger partial charge in [0.15, 0.2) is 11.6 Å². The highest BCUT2D eigenvalue weighted by molar-refractivity contribution is 6.22. The molecule has 2 bridgehead atoms. The second kappa shape index (κ2) is 3.94. The van der Waals surface area contributed by atoms with Gasteiger partial charge in [-0.3, -0.25) is 9.59 Å². The van der Waals surface area contributed by atoms with Crippen LogP contribution in [0.1, 0.15) is 19.3 Å². The van der Waals surface area contributed by atoms with Crippen molar-refractivity contribution in [3.05, 3.63) is 29.8 Å². The van der Waals surface area contributed by atoms with Crippen LogP contribution in [0.25, 0.3) is 0 Å². The molecule has 6 atom stereocenters. The molecule has 5 aliphatic rings. The third kappa shape index (κ3) is 1.40. The first-order valence-corrected chi connectivity index (χ1v) is 7.91. The Balaban J connectivity index is 1.57. The molecule has 1 saturated heterocycles. The van der Waals surface area contributed by atoms with Gasteiger partial charge in [-0.25, -0.2) is 13.7 Å². The van der Waals surface area contributed by atoms with E-state index in [-0.39, 0.29) is 29.3 Å². The van der Waals surface area contributed by atoms with Crippen molar-refractivity contribution in [2.24, 2.45) is 35.5 Å². The first-order chi connectivity index (χ1) is 10.6. The number of nitrogens with zero attached hydrogens (tertiary/aromatic N) is 1. The quantitative estimate of drug-likeness (QED) is 0.748. The maximum Gasteiger partial charge on any atom is 0.237 e. The van der Waals surface area contributed by atoms with Crippen LogP contribution in [0.3, 0.4) is 0 Å². The number of amides is 2. The number of carbonyl (C=O) groups is 2. The molecule has 3 nitrogen and oxygen atoms in total. The maximum absolute atomic E-state index is 13.5. The Hall–Kier alpha value is -1.78. The van der Waals surface area contributed by atoms with Gasteiger partial charge >= 0.3 is 0 Å². The molecule has 0 spiro atoms. The largest absolute Gasteiger partial charge is 0.274 e. The van der Waals surface area contributed by atoms with Gasteiger partial charge in [0.2, 0.25) is 11.8 Å². The van der Waals surface area contributed by atoms with Crippen molar-refractivity contribution in [1.82, 2.24) is 0 Å². The van der Waals surface area contributed by atoms with Gasteiger partial charge < -0.3 is 0 Å². The van der Waals surface area contributed by atoms with Crippen LogP contribution in [0.15, 0.2) is 18.2 Å². The summed E-state index contributed by atoms with van der Waals surface area (Å²) in [4.78, 5) is 26.7. The summed E-state index contributed by atoms with van der Waals surface area (Å²) in [7, 11) is 0. The summed E-state index contributed by atoms with van der Waals surface area (Å²) in [5.41, 5.74) is 0.163. The fraction of sp³-hybridized carbons (Fsp3) is 0.529. The Morgan fingerprint density at radius 1 is 0.864 bits per heavy atom. The fourth-order valence-electron chi connectivity index (χ4n) is 5.42. The average Bonchev–Trinajstić information content (AvgIpc) is 3.28. The molecule has 0 unspecified atom stereocenters. The molecule has 2 amide bonds. The Morgan fingerprint density at radius 3 is 2.00 bits per heavy atom. The molecule has 0 N–H and O–H groups in total. The summed E-state index contributed by atoms with van der Waals surface area (Å²) in [5, 5.41) is 0. The van der Waals surface area contributed by atoms with Crippen molar-refractivity contribution >= 4 is 17.5 Å². The van der Waals surface area contributed by atoms with E-state index in [1.165, 1.54) is 6.07 Å². The topological polar surface area (TPSA) is 37.4 Å². The minimum Gasteiger partial charge on any atom is -0.274 e. The van der Waals surface area contributed by atoms with E-state index in [1.807, 2.05) is 0 Å². The van der Waals surface area contributed by atoms with E-state index in [4.69, 9.17) is 0 Å². The van der Waals surface area contributed by atoms with Crippen LogP contribution < -0.4 is 4.90 Å². The molecule has 4 saturated carbocycles. The molecule has 4 aliphatic carbocycles. The van der Waals surface area contributed by atoms with Gasteiger partial charge in [0.1, 0.15) is 0 Å². The number of benzene rings is 1. The molecule has 22 heavy (non-hydrogen) atoms. The number of imide groups is 1. The van der Waals surface area contributed by atoms with Gasteiger partial charge in [0, 0.05) is 6.07 Å². The lowest BCUT2D eigenvalue weighted by molar-refractivity contribution is -0.129. The molecular weight excluding hydrogens is 288 g/mol. The van der Waals surface area contributed by atoms with Crippen LogP contribution in [0, 0.1) is 47.1 Å². The van der Waals surface area contributed by atoms with Gasteiger partial charge in [0.25, 0.3) is 0 Å². The zero-order valence-electron chi connectivity index (χ0n) is 11.8. The second-order valence-electron chi connectivity index (χ2n) is 7.13. The molecule has 5 heteroatoms. The van der Waals surface area contributed by atoms with E-state index in [9.17, 15) is 18.4 Å². The maximum atomic E-state index is 13.5. The van der Waals surface area contributed by atoms with Crippen molar-refractivity contribution in [3.8, 4) is 0 Å². The monoisotopic (exact) mass is 303 g/mol. The smallest absolute Gasteiger partial charge is 0.237 e. The van der Waals surface area contributed by atoms with Gasteiger partial charge in [-0.05, 0) is 55.1 Å². The van der Waals surface area contributed by atoms with E-state index in [0.29, 0.717) is 23.7 Å². The zero-order valence-corrected chi connectivity index (χ0v) is 11.8. The second-order valence-corrected chi connectivity index (χ2v) is 7.13. The zero-order chi connectivity index (χ0) is 15.2. The Kier molecular flexibility index (Phi) is 2.28. The van der Waals surface area contributed by atoms with E-state index >= 15 is 0 Å². The van der Waals surface area contributed by atoms with E-state index in [1.54, 1.807) is 0 Å². The van der Waals surface area contributed by atoms with Gasteiger partial charge in [-0.2, -0.15) is 0 Å². The summed E-state index contributed by atoms with van der Waals surface area (Å²) in [6.07, 6.45) is 3.21. The molecule has 1 aromatic rings. The number of rotatable bonds is 1. The van der Waals surface area contributed by atoms with Gasteiger partial charge in [-0.1, -0.05) is 0 Å². The minimum atomic E-state index is -1.03. The molecule has 1 heterocycles. The molecular formula is C17H15F2NO2. The minimum absolute atomic E-state index is 0.163. The summed E-state index contributed by atoms with van der Waals surface area (Å²) in [6, 6.07) is 3.23. The Labute approximate surface area is 126 Å². The summed E-state index contributed by atoms with van der Waals surface area (Å²) < 4.78 is 26.6. The lowest BCUT2D eigenvalue weighted by Crippen LogP contribution is -2.43. The summed E-state index contributed by atoms with van der Waals surface area (Å²) >= 11 is 0. The number of hydrogen-bond acceptors (Lipinski definition) is 2. The summed E-state index contributed by atoms with van der Waals surface area (Å²) in [5.74, 6) is -1.03. The highest BCUT2D eigenvalue weighted by Crippen LogP contribution is 2.68. The average molecular weight is 303 g/mol. The number of halogens is 2. The van der Waals surface area contributed by atoms with Crippen LogP contribution in [0.4, 0.5) is 14.5 Å². The van der Waals surface area contributed by atoms with E-state index < -0.39 is 11.6 Å². The Morgan fingerprint density at radius 2 is 1.45 bits per heavy atom. The predicted octanol–water partition coefficient (Wildman–Crippen LogP) is 2.75. The number of anilines is 1.